The van der Waals surface area contributed by atoms with E-state index in [-0.39, 0.29) is 25.0 Å². The minimum Gasteiger partial charge on any atom is -0.497 e. The second kappa shape index (κ2) is 13.7. The third-order valence-corrected chi connectivity index (χ3v) is 6.48. The largest absolute Gasteiger partial charge is 0.497 e. The fourth-order valence-corrected chi connectivity index (χ4v) is 4.46. The van der Waals surface area contributed by atoms with Crippen molar-refractivity contribution in [3.63, 3.8) is 0 Å². The summed E-state index contributed by atoms with van der Waals surface area (Å²) in [5, 5.41) is 2.90. The molecule has 0 aliphatic heterocycles. The van der Waals surface area contributed by atoms with E-state index in [0.717, 1.165) is 22.0 Å². The van der Waals surface area contributed by atoms with Crippen molar-refractivity contribution in [2.45, 2.75) is 39.3 Å². The van der Waals surface area contributed by atoms with Crippen LogP contribution < -0.4 is 14.8 Å². The van der Waals surface area contributed by atoms with Crippen molar-refractivity contribution in [3.05, 3.63) is 94.0 Å². The summed E-state index contributed by atoms with van der Waals surface area (Å²) in [5.74, 6) is 0.788. The molecule has 0 bridgehead atoms. The van der Waals surface area contributed by atoms with E-state index in [2.05, 4.69) is 28.2 Å². The molecule has 0 spiro atoms. The fraction of sp³-hybridized carbons (Fsp3) is 0.310. The molecule has 0 aromatic heterocycles. The Morgan fingerprint density at radius 3 is 2.36 bits per heavy atom. The molecule has 7 heteroatoms. The number of hydrogen-bond donors (Lipinski definition) is 1. The summed E-state index contributed by atoms with van der Waals surface area (Å²) in [4.78, 5) is 28.5. The van der Waals surface area contributed by atoms with Gasteiger partial charge < -0.3 is 19.7 Å². The molecule has 0 saturated heterocycles. The number of methoxy groups -OCH3 is 1. The molecular formula is C29H33BrN2O4. The van der Waals surface area contributed by atoms with E-state index in [1.165, 1.54) is 5.56 Å². The second-order valence-electron chi connectivity index (χ2n) is 8.38. The van der Waals surface area contributed by atoms with Gasteiger partial charge in [0.2, 0.25) is 5.91 Å². The smallest absolute Gasteiger partial charge is 0.261 e. The molecular weight excluding hydrogens is 520 g/mol. The lowest BCUT2D eigenvalue weighted by Gasteiger charge is -2.31. The molecule has 190 valence electrons. The van der Waals surface area contributed by atoms with Gasteiger partial charge in [-0.3, -0.25) is 9.59 Å². The summed E-state index contributed by atoms with van der Waals surface area (Å²) in [6, 6.07) is 22.3. The molecule has 3 aromatic carbocycles. The summed E-state index contributed by atoms with van der Waals surface area (Å²) in [6.45, 7) is 4.46. The molecule has 36 heavy (non-hydrogen) atoms. The third-order valence-electron chi connectivity index (χ3n) is 5.86. The maximum atomic E-state index is 13.6. The fourth-order valence-electron chi connectivity index (χ4n) is 3.92. The van der Waals surface area contributed by atoms with E-state index < -0.39 is 6.04 Å². The number of carbonyl (C=O) groups is 2. The van der Waals surface area contributed by atoms with Crippen LogP contribution in [0.15, 0.2) is 77.3 Å². The Balaban J connectivity index is 1.90. The zero-order valence-corrected chi connectivity index (χ0v) is 22.6. The van der Waals surface area contributed by atoms with Crippen molar-refractivity contribution >= 4 is 27.7 Å². The Bertz CT molecular complexity index is 1150. The van der Waals surface area contributed by atoms with Crippen LogP contribution in [0.25, 0.3) is 0 Å². The molecule has 6 nitrogen and oxygen atoms in total. The highest BCUT2D eigenvalue weighted by atomic mass is 79.9. The number of nitrogens with zero attached hydrogens (tertiary/aromatic N) is 1. The maximum absolute atomic E-state index is 13.6. The van der Waals surface area contributed by atoms with E-state index in [1.54, 1.807) is 12.0 Å². The van der Waals surface area contributed by atoms with E-state index in [0.29, 0.717) is 24.5 Å². The summed E-state index contributed by atoms with van der Waals surface area (Å²) >= 11 is 3.53. The van der Waals surface area contributed by atoms with Crippen molar-refractivity contribution in [2.75, 3.05) is 20.3 Å². The molecule has 1 atom stereocenters. The normalized spacial score (nSPS) is 11.4. The van der Waals surface area contributed by atoms with Gasteiger partial charge in [-0.05, 0) is 70.2 Å². The van der Waals surface area contributed by atoms with Crippen LogP contribution in [0, 0.1) is 0 Å². The summed E-state index contributed by atoms with van der Waals surface area (Å²) in [6.07, 6.45) is 1.29. The van der Waals surface area contributed by atoms with Crippen molar-refractivity contribution in [1.82, 2.24) is 10.2 Å². The molecule has 0 aliphatic carbocycles. The Morgan fingerprint density at radius 2 is 1.69 bits per heavy atom. The highest BCUT2D eigenvalue weighted by Crippen LogP contribution is 2.26. The SMILES string of the molecule is CCNC(=O)[C@@H](Cc1ccccc1)N(Cc1cccc(OC)c1)C(=O)COc1ccc(CC)cc1Br. The zero-order valence-electron chi connectivity index (χ0n) is 21.0. The van der Waals surface area contributed by atoms with Gasteiger partial charge in [0.25, 0.3) is 5.91 Å². The lowest BCUT2D eigenvalue weighted by Crippen LogP contribution is -2.51. The van der Waals surface area contributed by atoms with Crippen LogP contribution in [0.1, 0.15) is 30.5 Å². The number of aryl methyl sites for hydroxylation is 1. The van der Waals surface area contributed by atoms with Gasteiger partial charge in [-0.25, -0.2) is 0 Å². The van der Waals surface area contributed by atoms with E-state index >= 15 is 0 Å². The third kappa shape index (κ3) is 7.59. The second-order valence-corrected chi connectivity index (χ2v) is 9.23. The van der Waals surface area contributed by atoms with Gasteiger partial charge in [-0.15, -0.1) is 0 Å². The minimum atomic E-state index is -0.708. The molecule has 2 amide bonds. The molecule has 0 saturated carbocycles. The summed E-state index contributed by atoms with van der Waals surface area (Å²) < 4.78 is 12.1. The first-order valence-corrected chi connectivity index (χ1v) is 12.9. The average Bonchev–Trinajstić information content (AvgIpc) is 2.90. The highest BCUT2D eigenvalue weighted by Gasteiger charge is 2.30. The number of amides is 2. The van der Waals surface area contributed by atoms with Crippen LogP contribution in [0.4, 0.5) is 0 Å². The number of nitrogens with one attached hydrogen (secondary N) is 1. The van der Waals surface area contributed by atoms with Crippen LogP contribution in [0.2, 0.25) is 0 Å². The van der Waals surface area contributed by atoms with Crippen LogP contribution >= 0.6 is 15.9 Å². The van der Waals surface area contributed by atoms with Crippen LogP contribution in [-0.4, -0.2) is 43.0 Å². The lowest BCUT2D eigenvalue weighted by molar-refractivity contribution is -0.142. The first-order chi connectivity index (χ1) is 17.4. The average molecular weight is 553 g/mol. The number of likely N-dealkylation sites (N-methyl/N-ethyl adjacent to an activating group) is 1. The predicted octanol–water partition coefficient (Wildman–Crippen LogP) is 5.18. The van der Waals surface area contributed by atoms with Gasteiger partial charge in [0.1, 0.15) is 17.5 Å². The van der Waals surface area contributed by atoms with Gasteiger partial charge >= 0.3 is 0 Å². The monoisotopic (exact) mass is 552 g/mol. The van der Waals surface area contributed by atoms with Gasteiger partial charge in [0, 0.05) is 19.5 Å². The molecule has 0 aliphatic rings. The van der Waals surface area contributed by atoms with Gasteiger partial charge in [0.05, 0.1) is 11.6 Å². The van der Waals surface area contributed by atoms with Crippen molar-refractivity contribution in [1.29, 1.82) is 0 Å². The highest BCUT2D eigenvalue weighted by molar-refractivity contribution is 9.10. The first-order valence-electron chi connectivity index (χ1n) is 12.1. The Kier molecular flexibility index (Phi) is 10.4. The number of halogens is 1. The Hall–Kier alpha value is -3.32. The minimum absolute atomic E-state index is 0.196. The maximum Gasteiger partial charge on any atom is 0.261 e. The summed E-state index contributed by atoms with van der Waals surface area (Å²) in [7, 11) is 1.60. The topological polar surface area (TPSA) is 67.9 Å². The molecule has 0 fully saturated rings. The van der Waals surface area contributed by atoms with Crippen LogP contribution in [0.3, 0.4) is 0 Å². The van der Waals surface area contributed by atoms with Crippen molar-refractivity contribution in [2.24, 2.45) is 0 Å². The standard InChI is InChI=1S/C29H33BrN2O4/c1-4-21-14-15-27(25(30)17-21)36-20-28(33)32(19-23-12-9-13-24(16-23)35-3)26(29(34)31-5-2)18-22-10-7-6-8-11-22/h6-17,26H,4-5,18-20H2,1-3H3,(H,31,34)/t26-/m1/s1. The molecule has 0 heterocycles. The Morgan fingerprint density at radius 1 is 0.944 bits per heavy atom. The number of hydrogen-bond acceptors (Lipinski definition) is 4. The van der Waals surface area contributed by atoms with Crippen molar-refractivity contribution in [3.8, 4) is 11.5 Å². The zero-order chi connectivity index (χ0) is 25.9. The molecule has 3 aromatic rings. The Labute approximate surface area is 221 Å². The number of rotatable bonds is 12. The van der Waals surface area contributed by atoms with Crippen LogP contribution in [-0.2, 0) is 29.0 Å². The molecule has 0 radical (unpaired) electrons. The predicted molar refractivity (Wildman–Crippen MR) is 145 cm³/mol. The molecule has 1 N–H and O–H groups in total. The van der Waals surface area contributed by atoms with E-state index in [9.17, 15) is 9.59 Å². The van der Waals surface area contributed by atoms with Gasteiger partial charge in [-0.1, -0.05) is 55.5 Å². The first kappa shape index (κ1) is 27.3. The molecule has 0 unspecified atom stereocenters. The lowest BCUT2D eigenvalue weighted by atomic mass is 10.0. The van der Waals surface area contributed by atoms with Gasteiger partial charge in [0.15, 0.2) is 6.61 Å². The van der Waals surface area contributed by atoms with Gasteiger partial charge in [-0.2, -0.15) is 0 Å². The summed E-state index contributed by atoms with van der Waals surface area (Å²) in [5.41, 5.74) is 2.99. The number of benzene rings is 3. The number of carbonyl (C=O) groups excluding carboxylic acids is 2. The quantitative estimate of drug-likeness (QED) is 0.336. The van der Waals surface area contributed by atoms with Crippen molar-refractivity contribution < 1.29 is 19.1 Å². The number of ether oxygens (including phenoxy) is 2. The molecule has 3 rings (SSSR count). The van der Waals surface area contributed by atoms with E-state index in [1.807, 2.05) is 79.7 Å². The van der Waals surface area contributed by atoms with Crippen LogP contribution in [0.5, 0.6) is 11.5 Å². The van der Waals surface area contributed by atoms with E-state index in [4.69, 9.17) is 9.47 Å².